The van der Waals surface area contributed by atoms with Crippen LogP contribution in [0.15, 0.2) is 18.2 Å². The number of hydrogen-bond acceptors (Lipinski definition) is 2. The lowest BCUT2D eigenvalue weighted by molar-refractivity contribution is -0.120. The van der Waals surface area contributed by atoms with Gasteiger partial charge in [0.25, 0.3) is 0 Å². The predicted octanol–water partition coefficient (Wildman–Crippen LogP) is 3.47. The van der Waals surface area contributed by atoms with Crippen molar-refractivity contribution in [3.05, 3.63) is 29.3 Å². The first-order valence-corrected chi connectivity index (χ1v) is 8.16. The van der Waals surface area contributed by atoms with Gasteiger partial charge in [0, 0.05) is 18.2 Å². The zero-order chi connectivity index (χ0) is 15.0. The molecule has 22 heavy (non-hydrogen) atoms. The second kappa shape index (κ2) is 6.59. The zero-order valence-electron chi connectivity index (χ0n) is 13.8. The van der Waals surface area contributed by atoms with E-state index in [4.69, 9.17) is 0 Å². The number of carbonyl (C=O) groups excluding carboxylic acids is 1. The van der Waals surface area contributed by atoms with Gasteiger partial charge in [-0.2, -0.15) is 0 Å². The third kappa shape index (κ3) is 3.16. The van der Waals surface area contributed by atoms with Crippen LogP contribution in [0.2, 0.25) is 0 Å². The molecule has 1 saturated heterocycles. The van der Waals surface area contributed by atoms with Crippen molar-refractivity contribution in [3.63, 3.8) is 0 Å². The number of piperidine rings is 1. The van der Waals surface area contributed by atoms with Crippen LogP contribution in [0.4, 0.5) is 5.69 Å². The highest BCUT2D eigenvalue weighted by Crippen LogP contribution is 2.59. The Hall–Kier alpha value is -1.06. The maximum atomic E-state index is 12.9. The molecule has 3 nitrogen and oxygen atoms in total. The summed E-state index contributed by atoms with van der Waals surface area (Å²) in [4.78, 5) is 14.9. The number of rotatable bonds is 3. The minimum absolute atomic E-state index is 0. The van der Waals surface area contributed by atoms with E-state index in [2.05, 4.69) is 44.3 Å². The monoisotopic (exact) mass is 322 g/mol. The van der Waals surface area contributed by atoms with Crippen LogP contribution in [-0.2, 0) is 4.79 Å². The summed E-state index contributed by atoms with van der Waals surface area (Å²) < 4.78 is 0. The number of amides is 1. The van der Waals surface area contributed by atoms with Crippen molar-refractivity contribution >= 4 is 24.0 Å². The van der Waals surface area contributed by atoms with E-state index < -0.39 is 0 Å². The van der Waals surface area contributed by atoms with Gasteiger partial charge in [-0.05, 0) is 81.8 Å². The standard InChI is InChI=1S/C18H26N2O.ClH/c1-4-20(15-10-13(2)9-14(3)11-15)17(21)16-12-18(16)5-7-19-8-6-18;/h9-11,16,19H,4-8,12H2,1-3H3;1H. The topological polar surface area (TPSA) is 32.3 Å². The summed E-state index contributed by atoms with van der Waals surface area (Å²) in [5.41, 5.74) is 3.83. The van der Waals surface area contributed by atoms with Crippen molar-refractivity contribution in [1.82, 2.24) is 5.32 Å². The van der Waals surface area contributed by atoms with Crippen molar-refractivity contribution in [2.24, 2.45) is 11.3 Å². The number of halogens is 1. The minimum Gasteiger partial charge on any atom is -0.317 e. The molecule has 1 heterocycles. The third-order valence-electron chi connectivity index (χ3n) is 5.19. The number of benzene rings is 1. The summed E-state index contributed by atoms with van der Waals surface area (Å²) in [5.74, 6) is 0.588. The lowest BCUT2D eigenvalue weighted by Crippen LogP contribution is -2.36. The Balaban J connectivity index is 0.00000176. The molecule has 0 radical (unpaired) electrons. The van der Waals surface area contributed by atoms with Crippen LogP contribution in [-0.4, -0.2) is 25.5 Å². The molecule has 3 rings (SSSR count). The minimum atomic E-state index is 0. The molecule has 1 aromatic carbocycles. The highest BCUT2D eigenvalue weighted by Gasteiger charge is 2.58. The lowest BCUT2D eigenvalue weighted by atomic mass is 9.91. The van der Waals surface area contributed by atoms with E-state index in [0.717, 1.165) is 44.6 Å². The summed E-state index contributed by atoms with van der Waals surface area (Å²) in [6, 6.07) is 6.42. The van der Waals surface area contributed by atoms with Gasteiger partial charge in [-0.3, -0.25) is 4.79 Å². The van der Waals surface area contributed by atoms with Crippen molar-refractivity contribution in [2.45, 2.75) is 40.0 Å². The van der Waals surface area contributed by atoms with Crippen LogP contribution in [0.25, 0.3) is 0 Å². The summed E-state index contributed by atoms with van der Waals surface area (Å²) in [6.07, 6.45) is 3.41. The van der Waals surface area contributed by atoms with Crippen LogP contribution in [0.3, 0.4) is 0 Å². The van der Waals surface area contributed by atoms with E-state index in [1.807, 2.05) is 4.90 Å². The molecule has 1 amide bonds. The molecule has 0 bridgehead atoms. The fourth-order valence-electron chi connectivity index (χ4n) is 3.93. The summed E-state index contributed by atoms with van der Waals surface area (Å²) in [7, 11) is 0. The molecule has 1 aliphatic carbocycles. The predicted molar refractivity (Wildman–Crippen MR) is 93.8 cm³/mol. The SMILES string of the molecule is CCN(C(=O)C1CC12CCNCC2)c1cc(C)cc(C)c1.Cl. The maximum absolute atomic E-state index is 12.9. The first-order chi connectivity index (χ1) is 10.1. The van der Waals surface area contributed by atoms with Crippen molar-refractivity contribution in [3.8, 4) is 0 Å². The van der Waals surface area contributed by atoms with Gasteiger partial charge in [0.2, 0.25) is 5.91 Å². The van der Waals surface area contributed by atoms with Gasteiger partial charge in [-0.1, -0.05) is 6.07 Å². The largest absolute Gasteiger partial charge is 0.317 e. The number of anilines is 1. The average Bonchev–Trinajstić information content (AvgIpc) is 3.12. The molecule has 1 aromatic rings. The number of aryl methyl sites for hydroxylation is 2. The quantitative estimate of drug-likeness (QED) is 0.924. The molecular weight excluding hydrogens is 296 g/mol. The van der Waals surface area contributed by atoms with Crippen molar-refractivity contribution in [2.75, 3.05) is 24.5 Å². The summed E-state index contributed by atoms with van der Waals surface area (Å²) >= 11 is 0. The fraction of sp³-hybridized carbons (Fsp3) is 0.611. The molecular formula is C18H27ClN2O. The summed E-state index contributed by atoms with van der Waals surface area (Å²) in [6.45, 7) is 9.17. The van der Waals surface area contributed by atoms with Crippen molar-refractivity contribution in [1.29, 1.82) is 0 Å². The second-order valence-electron chi connectivity index (χ2n) is 6.80. The van der Waals surface area contributed by atoms with Gasteiger partial charge >= 0.3 is 0 Å². The van der Waals surface area contributed by atoms with Gasteiger partial charge < -0.3 is 10.2 Å². The molecule has 2 fully saturated rings. The van der Waals surface area contributed by atoms with Crippen LogP contribution in [0, 0.1) is 25.2 Å². The first-order valence-electron chi connectivity index (χ1n) is 8.16. The van der Waals surface area contributed by atoms with E-state index in [-0.39, 0.29) is 18.3 Å². The normalized spacial score (nSPS) is 22.0. The molecule has 4 heteroatoms. The zero-order valence-corrected chi connectivity index (χ0v) is 14.6. The Morgan fingerprint density at radius 3 is 2.36 bits per heavy atom. The molecule has 122 valence electrons. The Bertz CT molecular complexity index is 532. The van der Waals surface area contributed by atoms with Crippen molar-refractivity contribution < 1.29 is 4.79 Å². The van der Waals surface area contributed by atoms with Crippen LogP contribution in [0.1, 0.15) is 37.3 Å². The Labute approximate surface area is 139 Å². The molecule has 1 saturated carbocycles. The highest BCUT2D eigenvalue weighted by molar-refractivity contribution is 5.97. The maximum Gasteiger partial charge on any atom is 0.230 e. The number of nitrogens with one attached hydrogen (secondary N) is 1. The Morgan fingerprint density at radius 2 is 1.82 bits per heavy atom. The Kier molecular flexibility index (Phi) is 5.18. The van der Waals surface area contributed by atoms with Crippen LogP contribution in [0.5, 0.6) is 0 Å². The summed E-state index contributed by atoms with van der Waals surface area (Å²) in [5, 5.41) is 3.40. The van der Waals surface area contributed by atoms with Gasteiger partial charge in [0.15, 0.2) is 0 Å². The van der Waals surface area contributed by atoms with Gasteiger partial charge in [0.05, 0.1) is 0 Å². The number of nitrogens with zero attached hydrogens (tertiary/aromatic N) is 1. The lowest BCUT2D eigenvalue weighted by Gasteiger charge is -2.27. The van der Waals surface area contributed by atoms with E-state index in [9.17, 15) is 4.79 Å². The van der Waals surface area contributed by atoms with E-state index in [1.54, 1.807) is 0 Å². The molecule has 1 aliphatic heterocycles. The fourth-order valence-corrected chi connectivity index (χ4v) is 3.93. The molecule has 1 unspecified atom stereocenters. The Morgan fingerprint density at radius 1 is 1.23 bits per heavy atom. The molecule has 0 aromatic heterocycles. The van der Waals surface area contributed by atoms with E-state index in [0.29, 0.717) is 11.3 Å². The number of hydrogen-bond donors (Lipinski definition) is 1. The van der Waals surface area contributed by atoms with E-state index in [1.165, 1.54) is 11.1 Å². The third-order valence-corrected chi connectivity index (χ3v) is 5.19. The smallest absolute Gasteiger partial charge is 0.230 e. The van der Waals surface area contributed by atoms with Gasteiger partial charge in [0.1, 0.15) is 0 Å². The number of carbonyl (C=O) groups is 1. The molecule has 1 N–H and O–H groups in total. The highest BCUT2D eigenvalue weighted by atomic mass is 35.5. The van der Waals surface area contributed by atoms with Crippen LogP contribution < -0.4 is 10.2 Å². The second-order valence-corrected chi connectivity index (χ2v) is 6.80. The molecule has 1 atom stereocenters. The van der Waals surface area contributed by atoms with Gasteiger partial charge in [-0.25, -0.2) is 0 Å². The van der Waals surface area contributed by atoms with Gasteiger partial charge in [-0.15, -0.1) is 12.4 Å². The van der Waals surface area contributed by atoms with E-state index >= 15 is 0 Å². The first kappa shape index (κ1) is 17.3. The van der Waals surface area contributed by atoms with Crippen LogP contribution >= 0.6 is 12.4 Å². The molecule has 2 aliphatic rings. The molecule has 1 spiro atoms. The average molecular weight is 323 g/mol.